The molecule has 4 aliphatic rings. The van der Waals surface area contributed by atoms with Crippen LogP contribution in [-0.2, 0) is 33.5 Å². The summed E-state index contributed by atoms with van der Waals surface area (Å²) in [5.74, 6) is 0.0164. The van der Waals surface area contributed by atoms with Gasteiger partial charge in [0, 0.05) is 44.1 Å². The molecular formula is C23H30F3N3O4. The number of rotatable bonds is 3. The standard InChI is InChI=1S/C23H30F3N3O4/c1-13-18-11-28-16(7-14(8-20(28)30)23(24,25)26)10-29(18)21(31)22(13)5-3-15(9-22)27-17-4-6-33-12-19(17)32-2/h7-8,13,15,17-19,27H,3-6,9-12H2,1-2H3/t13?,15-,17?,18?,19-,22+/m1/s1. The lowest BCUT2D eigenvalue weighted by atomic mass is 9.74. The highest BCUT2D eigenvalue weighted by Crippen LogP contribution is 2.54. The first-order valence-electron chi connectivity index (χ1n) is 11.6. The van der Waals surface area contributed by atoms with Gasteiger partial charge in [-0.1, -0.05) is 6.92 Å². The van der Waals surface area contributed by atoms with Crippen LogP contribution in [0.15, 0.2) is 16.9 Å². The van der Waals surface area contributed by atoms with Gasteiger partial charge in [-0.15, -0.1) is 0 Å². The number of ether oxygens (including phenoxy) is 2. The molecule has 0 aromatic carbocycles. The van der Waals surface area contributed by atoms with Crippen LogP contribution in [0.2, 0.25) is 0 Å². The maximum absolute atomic E-state index is 13.7. The van der Waals surface area contributed by atoms with Crippen molar-refractivity contribution in [2.75, 3.05) is 20.3 Å². The summed E-state index contributed by atoms with van der Waals surface area (Å²) in [5.41, 5.74) is -1.91. The van der Waals surface area contributed by atoms with E-state index in [0.29, 0.717) is 25.7 Å². The number of carbonyl (C=O) groups excluding carboxylic acids is 1. The van der Waals surface area contributed by atoms with Crippen molar-refractivity contribution >= 4 is 5.91 Å². The van der Waals surface area contributed by atoms with Crippen LogP contribution in [0.3, 0.4) is 0 Å². The summed E-state index contributed by atoms with van der Waals surface area (Å²) >= 11 is 0. The molecule has 1 aliphatic carbocycles. The molecule has 4 heterocycles. The van der Waals surface area contributed by atoms with Crippen molar-refractivity contribution in [3.05, 3.63) is 33.7 Å². The predicted molar refractivity (Wildman–Crippen MR) is 112 cm³/mol. The minimum atomic E-state index is -4.59. The molecule has 0 bridgehead atoms. The number of aromatic nitrogens is 1. The Kier molecular flexibility index (Phi) is 5.61. The van der Waals surface area contributed by atoms with Gasteiger partial charge in [-0.05, 0) is 37.7 Å². The average Bonchev–Trinajstić information content (AvgIpc) is 3.29. The Balaban J connectivity index is 1.36. The van der Waals surface area contributed by atoms with Gasteiger partial charge in [-0.3, -0.25) is 9.59 Å². The zero-order valence-electron chi connectivity index (χ0n) is 18.9. The summed E-state index contributed by atoms with van der Waals surface area (Å²) in [4.78, 5) is 27.9. The predicted octanol–water partition coefficient (Wildman–Crippen LogP) is 2.16. The molecule has 2 saturated heterocycles. The van der Waals surface area contributed by atoms with E-state index in [9.17, 15) is 22.8 Å². The molecule has 3 unspecified atom stereocenters. The average molecular weight is 470 g/mol. The molecule has 33 heavy (non-hydrogen) atoms. The molecule has 7 nitrogen and oxygen atoms in total. The fraction of sp³-hybridized carbons (Fsp3) is 0.739. The summed E-state index contributed by atoms with van der Waals surface area (Å²) in [6.45, 7) is 3.55. The SMILES string of the molecule is CO[C@@H]1COCCC1N[C@@H]1CC[C@@]2(C1)C(=O)N1Cc3cc(C(F)(F)F)cc(=O)n3CC1C2C. The Hall–Kier alpha value is -1.91. The van der Waals surface area contributed by atoms with E-state index in [2.05, 4.69) is 12.2 Å². The van der Waals surface area contributed by atoms with E-state index in [1.54, 1.807) is 12.0 Å². The molecular weight excluding hydrogens is 439 g/mol. The van der Waals surface area contributed by atoms with Crippen molar-refractivity contribution in [3.63, 3.8) is 0 Å². The Morgan fingerprint density at radius 3 is 2.76 bits per heavy atom. The minimum absolute atomic E-state index is 0.00653. The second kappa shape index (κ2) is 8.09. The van der Waals surface area contributed by atoms with E-state index >= 15 is 0 Å². The fourth-order valence-corrected chi connectivity index (χ4v) is 6.49. The zero-order valence-corrected chi connectivity index (χ0v) is 18.9. The van der Waals surface area contributed by atoms with Gasteiger partial charge < -0.3 is 24.3 Å². The van der Waals surface area contributed by atoms with Crippen molar-refractivity contribution < 1.29 is 27.4 Å². The first-order chi connectivity index (χ1) is 15.6. The number of methoxy groups -OCH3 is 1. The van der Waals surface area contributed by atoms with Gasteiger partial charge in [0.2, 0.25) is 5.91 Å². The number of fused-ring (bicyclic) bond motifs is 2. The van der Waals surface area contributed by atoms with Crippen LogP contribution in [-0.4, -0.2) is 59.9 Å². The van der Waals surface area contributed by atoms with Gasteiger partial charge in [0.1, 0.15) is 0 Å². The van der Waals surface area contributed by atoms with E-state index in [0.717, 1.165) is 25.3 Å². The number of pyridine rings is 1. The molecule has 10 heteroatoms. The minimum Gasteiger partial charge on any atom is -0.379 e. The van der Waals surface area contributed by atoms with Crippen LogP contribution in [0, 0.1) is 11.3 Å². The quantitative estimate of drug-likeness (QED) is 0.735. The molecule has 6 atom stereocenters. The van der Waals surface area contributed by atoms with Crippen molar-refractivity contribution in [1.29, 1.82) is 0 Å². The number of halogens is 3. The van der Waals surface area contributed by atoms with Gasteiger partial charge in [-0.2, -0.15) is 13.2 Å². The lowest BCUT2D eigenvalue weighted by Gasteiger charge is -2.34. The number of nitrogens with zero attached hydrogens (tertiary/aromatic N) is 2. The summed E-state index contributed by atoms with van der Waals surface area (Å²) < 4.78 is 52.1. The summed E-state index contributed by atoms with van der Waals surface area (Å²) in [7, 11) is 1.68. The van der Waals surface area contributed by atoms with Crippen molar-refractivity contribution in [1.82, 2.24) is 14.8 Å². The molecule has 1 spiro atoms. The summed E-state index contributed by atoms with van der Waals surface area (Å²) in [6.07, 6.45) is -1.49. The van der Waals surface area contributed by atoms with Crippen LogP contribution in [0.4, 0.5) is 13.2 Å². The second-order valence-electron chi connectivity index (χ2n) is 9.98. The first kappa shape index (κ1) is 22.9. The third-order valence-electron chi connectivity index (χ3n) is 8.39. The highest BCUT2D eigenvalue weighted by molar-refractivity contribution is 5.86. The van der Waals surface area contributed by atoms with E-state index in [-0.39, 0.29) is 54.8 Å². The molecule has 1 aromatic heterocycles. The van der Waals surface area contributed by atoms with Crippen molar-refractivity contribution in [3.8, 4) is 0 Å². The number of nitrogens with one attached hydrogen (secondary N) is 1. The van der Waals surface area contributed by atoms with Gasteiger partial charge in [0.25, 0.3) is 5.56 Å². The maximum Gasteiger partial charge on any atom is 0.416 e. The Morgan fingerprint density at radius 2 is 2.03 bits per heavy atom. The highest BCUT2D eigenvalue weighted by atomic mass is 19.4. The van der Waals surface area contributed by atoms with E-state index in [1.165, 1.54) is 4.57 Å². The highest BCUT2D eigenvalue weighted by Gasteiger charge is 2.60. The Bertz CT molecular complexity index is 996. The molecule has 0 radical (unpaired) electrons. The number of hydrogen-bond donors (Lipinski definition) is 1. The molecule has 5 rings (SSSR count). The number of carbonyl (C=O) groups is 1. The molecule has 3 aliphatic heterocycles. The van der Waals surface area contributed by atoms with Gasteiger partial charge in [0.15, 0.2) is 0 Å². The lowest BCUT2D eigenvalue weighted by molar-refractivity contribution is -0.138. The monoisotopic (exact) mass is 469 g/mol. The topological polar surface area (TPSA) is 72.8 Å². The lowest BCUT2D eigenvalue weighted by Crippen LogP contribution is -2.51. The van der Waals surface area contributed by atoms with E-state index in [1.807, 2.05) is 0 Å². The maximum atomic E-state index is 13.7. The van der Waals surface area contributed by atoms with Crippen LogP contribution < -0.4 is 10.9 Å². The molecule has 1 aromatic rings. The van der Waals surface area contributed by atoms with Crippen LogP contribution in [0.25, 0.3) is 0 Å². The van der Waals surface area contributed by atoms with Crippen LogP contribution >= 0.6 is 0 Å². The van der Waals surface area contributed by atoms with Gasteiger partial charge in [-0.25, -0.2) is 0 Å². The largest absolute Gasteiger partial charge is 0.416 e. The van der Waals surface area contributed by atoms with Crippen LogP contribution in [0.1, 0.15) is 43.9 Å². The van der Waals surface area contributed by atoms with Crippen molar-refractivity contribution in [2.45, 2.75) is 76.1 Å². The third kappa shape index (κ3) is 3.70. The first-order valence-corrected chi connectivity index (χ1v) is 11.6. The Labute approximate surface area is 190 Å². The normalized spacial score (nSPS) is 36.3. The molecule has 3 fully saturated rings. The fourth-order valence-electron chi connectivity index (χ4n) is 6.49. The number of alkyl halides is 3. The summed E-state index contributed by atoms with van der Waals surface area (Å²) in [5, 5.41) is 3.69. The van der Waals surface area contributed by atoms with E-state index < -0.39 is 22.7 Å². The summed E-state index contributed by atoms with van der Waals surface area (Å²) in [6, 6.07) is 1.82. The van der Waals surface area contributed by atoms with Gasteiger partial charge in [0.05, 0.1) is 36.3 Å². The zero-order chi connectivity index (χ0) is 23.5. The van der Waals surface area contributed by atoms with Crippen molar-refractivity contribution in [2.24, 2.45) is 11.3 Å². The third-order valence-corrected chi connectivity index (χ3v) is 8.39. The molecule has 182 valence electrons. The second-order valence-corrected chi connectivity index (χ2v) is 9.98. The molecule has 1 N–H and O–H groups in total. The molecule has 1 amide bonds. The van der Waals surface area contributed by atoms with Gasteiger partial charge >= 0.3 is 6.18 Å². The van der Waals surface area contributed by atoms with E-state index in [4.69, 9.17) is 9.47 Å². The molecule has 1 saturated carbocycles. The number of amides is 1. The Morgan fingerprint density at radius 1 is 1.24 bits per heavy atom. The number of hydrogen-bond acceptors (Lipinski definition) is 5. The van der Waals surface area contributed by atoms with Crippen LogP contribution in [0.5, 0.6) is 0 Å². The smallest absolute Gasteiger partial charge is 0.379 e.